The van der Waals surface area contributed by atoms with Crippen molar-refractivity contribution in [3.05, 3.63) is 35.4 Å². The van der Waals surface area contributed by atoms with E-state index < -0.39 is 0 Å². The summed E-state index contributed by atoms with van der Waals surface area (Å²) in [5, 5.41) is 0. The fraction of sp³-hybridized carbons (Fsp3) is 0.500. The molecule has 1 aromatic carbocycles. The Bertz CT molecular complexity index is 366. The van der Waals surface area contributed by atoms with Crippen molar-refractivity contribution in [2.24, 2.45) is 5.73 Å². The zero-order chi connectivity index (χ0) is 13.2. The van der Waals surface area contributed by atoms with Gasteiger partial charge in [-0.3, -0.25) is 0 Å². The molecule has 0 unspecified atom stereocenters. The number of hydrogen-bond acceptors (Lipinski definition) is 4. The van der Waals surface area contributed by atoms with Crippen LogP contribution in [-0.4, -0.2) is 32.3 Å². The molecule has 0 saturated heterocycles. The Hall–Kier alpha value is -1.39. The van der Waals surface area contributed by atoms with Gasteiger partial charge in [0.05, 0.1) is 12.2 Å². The molecule has 0 spiro atoms. The first-order valence-electron chi connectivity index (χ1n) is 6.32. The minimum atomic E-state index is -0.306. The van der Waals surface area contributed by atoms with E-state index in [2.05, 4.69) is 0 Å². The van der Waals surface area contributed by atoms with Crippen molar-refractivity contribution in [1.29, 1.82) is 0 Å². The van der Waals surface area contributed by atoms with Crippen molar-refractivity contribution in [2.45, 2.75) is 19.8 Å². The first kappa shape index (κ1) is 14.7. The van der Waals surface area contributed by atoms with Crippen LogP contribution in [0.2, 0.25) is 0 Å². The number of ether oxygens (including phenoxy) is 2. The van der Waals surface area contributed by atoms with Crippen molar-refractivity contribution >= 4 is 5.97 Å². The van der Waals surface area contributed by atoms with Crippen LogP contribution in [0.1, 0.15) is 29.3 Å². The Morgan fingerprint density at radius 3 is 2.72 bits per heavy atom. The van der Waals surface area contributed by atoms with Gasteiger partial charge in [-0.2, -0.15) is 0 Å². The number of carbonyl (C=O) groups excluding carboxylic acids is 1. The van der Waals surface area contributed by atoms with Gasteiger partial charge >= 0.3 is 5.97 Å². The summed E-state index contributed by atoms with van der Waals surface area (Å²) in [6.45, 7) is 3.98. The molecule has 4 heteroatoms. The number of carbonyl (C=O) groups is 1. The predicted octanol–water partition coefficient (Wildman–Crippen LogP) is 1.77. The molecule has 1 rings (SSSR count). The van der Waals surface area contributed by atoms with Gasteiger partial charge in [-0.1, -0.05) is 25.1 Å². The number of rotatable bonds is 8. The minimum absolute atomic E-state index is 0.287. The standard InChI is InChI=1S/C14H21NO3/c1-2-9-17-10-11-18-14(16)13-6-4-3-5-12(13)7-8-15/h3-6H,2,7-11,15H2,1H3. The molecule has 0 heterocycles. The van der Waals surface area contributed by atoms with Gasteiger partial charge < -0.3 is 15.2 Å². The molecular weight excluding hydrogens is 230 g/mol. The van der Waals surface area contributed by atoms with Crippen LogP contribution >= 0.6 is 0 Å². The zero-order valence-corrected chi connectivity index (χ0v) is 10.9. The lowest BCUT2D eigenvalue weighted by molar-refractivity contribution is 0.0317. The van der Waals surface area contributed by atoms with Gasteiger partial charge in [0.1, 0.15) is 6.61 Å². The van der Waals surface area contributed by atoms with Gasteiger partial charge in [0, 0.05) is 6.61 Å². The first-order valence-corrected chi connectivity index (χ1v) is 6.32. The van der Waals surface area contributed by atoms with E-state index in [1.807, 2.05) is 25.1 Å². The molecule has 0 bridgehead atoms. The topological polar surface area (TPSA) is 61.5 Å². The molecule has 0 atom stereocenters. The molecule has 0 aliphatic rings. The van der Waals surface area contributed by atoms with E-state index in [1.54, 1.807) is 6.07 Å². The summed E-state index contributed by atoms with van der Waals surface area (Å²) in [7, 11) is 0. The van der Waals surface area contributed by atoms with Gasteiger partial charge in [-0.05, 0) is 31.0 Å². The summed E-state index contributed by atoms with van der Waals surface area (Å²) in [5.74, 6) is -0.306. The summed E-state index contributed by atoms with van der Waals surface area (Å²) in [6, 6.07) is 7.38. The minimum Gasteiger partial charge on any atom is -0.460 e. The van der Waals surface area contributed by atoms with Crippen LogP contribution in [0.25, 0.3) is 0 Å². The van der Waals surface area contributed by atoms with E-state index in [9.17, 15) is 4.79 Å². The number of benzene rings is 1. The summed E-state index contributed by atoms with van der Waals surface area (Å²) in [6.07, 6.45) is 1.64. The Morgan fingerprint density at radius 1 is 1.22 bits per heavy atom. The van der Waals surface area contributed by atoms with E-state index in [1.165, 1.54) is 0 Å². The molecule has 2 N–H and O–H groups in total. The highest BCUT2D eigenvalue weighted by Gasteiger charge is 2.11. The summed E-state index contributed by atoms with van der Waals surface area (Å²) in [4.78, 5) is 11.9. The molecule has 4 nitrogen and oxygen atoms in total. The molecule has 0 amide bonds. The van der Waals surface area contributed by atoms with E-state index >= 15 is 0 Å². The van der Waals surface area contributed by atoms with E-state index in [0.717, 1.165) is 12.0 Å². The highest BCUT2D eigenvalue weighted by molar-refractivity contribution is 5.91. The van der Waals surface area contributed by atoms with Crippen molar-refractivity contribution in [2.75, 3.05) is 26.4 Å². The third-order valence-electron chi connectivity index (χ3n) is 2.46. The average Bonchev–Trinajstić information content (AvgIpc) is 2.39. The summed E-state index contributed by atoms with van der Waals surface area (Å²) < 4.78 is 10.4. The molecule has 18 heavy (non-hydrogen) atoms. The molecule has 0 aliphatic carbocycles. The van der Waals surface area contributed by atoms with Crippen LogP contribution < -0.4 is 5.73 Å². The lowest BCUT2D eigenvalue weighted by Gasteiger charge is -2.09. The van der Waals surface area contributed by atoms with Crippen LogP contribution in [-0.2, 0) is 15.9 Å². The van der Waals surface area contributed by atoms with Gasteiger partial charge in [-0.15, -0.1) is 0 Å². The smallest absolute Gasteiger partial charge is 0.338 e. The van der Waals surface area contributed by atoms with Gasteiger partial charge in [0.2, 0.25) is 0 Å². The SMILES string of the molecule is CCCOCCOC(=O)c1ccccc1CCN. The molecule has 0 radical (unpaired) electrons. The van der Waals surface area contributed by atoms with Crippen LogP contribution in [0, 0.1) is 0 Å². The fourth-order valence-electron chi connectivity index (χ4n) is 1.61. The molecule has 1 aromatic rings. The highest BCUT2D eigenvalue weighted by atomic mass is 16.6. The van der Waals surface area contributed by atoms with Crippen molar-refractivity contribution < 1.29 is 14.3 Å². The normalized spacial score (nSPS) is 10.3. The average molecular weight is 251 g/mol. The second kappa shape index (κ2) is 8.66. The number of hydrogen-bond donors (Lipinski definition) is 1. The predicted molar refractivity (Wildman–Crippen MR) is 70.6 cm³/mol. The van der Waals surface area contributed by atoms with Crippen LogP contribution in [0.5, 0.6) is 0 Å². The second-order valence-electron chi connectivity index (χ2n) is 3.94. The molecule has 100 valence electrons. The Kier molecular flexibility index (Phi) is 7.06. The fourth-order valence-corrected chi connectivity index (χ4v) is 1.61. The maximum absolute atomic E-state index is 11.9. The lowest BCUT2D eigenvalue weighted by Crippen LogP contribution is -2.14. The van der Waals surface area contributed by atoms with Gasteiger partial charge in [0.15, 0.2) is 0 Å². The summed E-state index contributed by atoms with van der Waals surface area (Å²) >= 11 is 0. The maximum Gasteiger partial charge on any atom is 0.338 e. The van der Waals surface area contributed by atoms with Crippen LogP contribution in [0.3, 0.4) is 0 Å². The molecule has 0 aromatic heterocycles. The van der Waals surface area contributed by atoms with Crippen molar-refractivity contribution in [3.63, 3.8) is 0 Å². The third kappa shape index (κ3) is 4.85. The molecular formula is C14H21NO3. The van der Waals surface area contributed by atoms with Crippen LogP contribution in [0.4, 0.5) is 0 Å². The van der Waals surface area contributed by atoms with Crippen molar-refractivity contribution in [1.82, 2.24) is 0 Å². The van der Waals surface area contributed by atoms with E-state index in [4.69, 9.17) is 15.2 Å². The largest absolute Gasteiger partial charge is 0.460 e. The Morgan fingerprint density at radius 2 is 2.00 bits per heavy atom. The van der Waals surface area contributed by atoms with E-state index in [-0.39, 0.29) is 12.6 Å². The third-order valence-corrected chi connectivity index (χ3v) is 2.46. The highest BCUT2D eigenvalue weighted by Crippen LogP contribution is 2.10. The maximum atomic E-state index is 11.9. The Balaban J connectivity index is 2.45. The quantitative estimate of drug-likeness (QED) is 0.565. The number of esters is 1. The molecule has 0 fully saturated rings. The molecule has 0 aliphatic heterocycles. The van der Waals surface area contributed by atoms with Crippen molar-refractivity contribution in [3.8, 4) is 0 Å². The first-order chi connectivity index (χ1) is 8.79. The monoisotopic (exact) mass is 251 g/mol. The lowest BCUT2D eigenvalue weighted by atomic mass is 10.1. The second-order valence-corrected chi connectivity index (χ2v) is 3.94. The van der Waals surface area contributed by atoms with E-state index in [0.29, 0.717) is 31.7 Å². The van der Waals surface area contributed by atoms with Gasteiger partial charge in [0.25, 0.3) is 0 Å². The van der Waals surface area contributed by atoms with Crippen LogP contribution in [0.15, 0.2) is 24.3 Å². The Labute approximate surface area is 108 Å². The molecule has 0 saturated carbocycles. The zero-order valence-electron chi connectivity index (χ0n) is 10.9. The number of nitrogens with two attached hydrogens (primary N) is 1. The summed E-state index contributed by atoms with van der Waals surface area (Å²) in [5.41, 5.74) is 7.04. The van der Waals surface area contributed by atoms with Gasteiger partial charge in [-0.25, -0.2) is 4.79 Å².